The number of halogens is 2. The van der Waals surface area contributed by atoms with Crippen LogP contribution in [-0.2, 0) is 0 Å². The Morgan fingerprint density at radius 2 is 2.28 bits per heavy atom. The first-order valence-electron chi connectivity index (χ1n) is 6.02. The summed E-state index contributed by atoms with van der Waals surface area (Å²) in [7, 11) is 2.14. The molecule has 0 saturated carbocycles. The van der Waals surface area contributed by atoms with E-state index >= 15 is 0 Å². The minimum atomic E-state index is 0.244. The highest BCUT2D eigenvalue weighted by Crippen LogP contribution is 2.29. The van der Waals surface area contributed by atoms with Crippen LogP contribution in [0.4, 0.5) is 5.82 Å². The van der Waals surface area contributed by atoms with Crippen molar-refractivity contribution in [2.24, 2.45) is 0 Å². The van der Waals surface area contributed by atoms with Crippen molar-refractivity contribution in [3.05, 3.63) is 16.1 Å². The number of nitrogen functional groups attached to an aromatic ring is 1. The van der Waals surface area contributed by atoms with Gasteiger partial charge in [-0.1, -0.05) is 23.2 Å². The van der Waals surface area contributed by atoms with E-state index in [9.17, 15) is 0 Å². The molecule has 1 aromatic rings. The molecule has 0 spiro atoms. The summed E-state index contributed by atoms with van der Waals surface area (Å²) in [6.45, 7) is 1.75. The molecule has 0 aromatic carbocycles. The van der Waals surface area contributed by atoms with Crippen LogP contribution in [-0.4, -0.2) is 36.1 Å². The first kappa shape index (κ1) is 13.7. The number of hydrogen-bond donors (Lipinski definition) is 1. The SMILES string of the molecule is CN1CCCC1CCOc1nc(N)c(Cl)cc1Cl. The number of nitrogens with two attached hydrogens (primary N) is 1. The molecule has 1 atom stereocenters. The van der Waals surface area contributed by atoms with Crippen LogP contribution >= 0.6 is 23.2 Å². The fourth-order valence-electron chi connectivity index (χ4n) is 2.20. The van der Waals surface area contributed by atoms with Gasteiger partial charge in [0, 0.05) is 6.04 Å². The molecule has 4 nitrogen and oxygen atoms in total. The molecule has 1 fully saturated rings. The number of hydrogen-bond acceptors (Lipinski definition) is 4. The largest absolute Gasteiger partial charge is 0.476 e. The minimum absolute atomic E-state index is 0.244. The van der Waals surface area contributed by atoms with E-state index in [4.69, 9.17) is 33.7 Å². The number of pyridine rings is 1. The van der Waals surface area contributed by atoms with Crippen LogP contribution in [0, 0.1) is 0 Å². The second-order valence-corrected chi connectivity index (χ2v) is 5.37. The van der Waals surface area contributed by atoms with Gasteiger partial charge in [-0.2, -0.15) is 4.98 Å². The molecule has 2 heterocycles. The summed E-state index contributed by atoms with van der Waals surface area (Å²) in [4.78, 5) is 6.39. The summed E-state index contributed by atoms with van der Waals surface area (Å²) in [5, 5.41) is 0.747. The van der Waals surface area contributed by atoms with Gasteiger partial charge in [-0.05, 0) is 38.9 Å². The lowest BCUT2D eigenvalue weighted by Crippen LogP contribution is -2.26. The Labute approximate surface area is 117 Å². The van der Waals surface area contributed by atoms with Crippen molar-refractivity contribution in [3.63, 3.8) is 0 Å². The molecule has 100 valence electrons. The molecule has 0 aliphatic carbocycles. The van der Waals surface area contributed by atoms with Crippen molar-refractivity contribution in [2.45, 2.75) is 25.3 Å². The molecule has 1 saturated heterocycles. The molecule has 0 radical (unpaired) electrons. The quantitative estimate of drug-likeness (QED) is 0.926. The summed E-state index contributed by atoms with van der Waals surface area (Å²) in [5.41, 5.74) is 5.62. The smallest absolute Gasteiger partial charge is 0.234 e. The maximum absolute atomic E-state index is 5.99. The lowest BCUT2D eigenvalue weighted by molar-refractivity contribution is 0.229. The van der Waals surface area contributed by atoms with Gasteiger partial charge in [-0.15, -0.1) is 0 Å². The first-order valence-corrected chi connectivity index (χ1v) is 6.78. The van der Waals surface area contributed by atoms with E-state index in [-0.39, 0.29) is 5.82 Å². The standard InChI is InChI=1S/C12H17Cl2N3O/c1-17-5-2-3-8(17)4-6-18-12-10(14)7-9(13)11(15)16-12/h7-8H,2-6H2,1H3,(H2,15,16). The first-order chi connectivity index (χ1) is 8.58. The van der Waals surface area contributed by atoms with Crippen LogP contribution < -0.4 is 10.5 Å². The maximum atomic E-state index is 5.99. The molecule has 0 amide bonds. The van der Waals surface area contributed by atoms with Crippen molar-refractivity contribution < 1.29 is 4.74 Å². The van der Waals surface area contributed by atoms with Crippen LogP contribution in [0.2, 0.25) is 10.0 Å². The van der Waals surface area contributed by atoms with Gasteiger partial charge in [-0.3, -0.25) is 0 Å². The van der Waals surface area contributed by atoms with Crippen molar-refractivity contribution in [1.82, 2.24) is 9.88 Å². The number of nitrogens with zero attached hydrogens (tertiary/aromatic N) is 2. The predicted octanol–water partition coefficient (Wildman–Crippen LogP) is 2.83. The Kier molecular flexibility index (Phi) is 4.54. The molecule has 1 aliphatic heterocycles. The van der Waals surface area contributed by atoms with E-state index in [0.29, 0.717) is 28.6 Å². The van der Waals surface area contributed by atoms with Crippen molar-refractivity contribution in [3.8, 4) is 5.88 Å². The van der Waals surface area contributed by atoms with E-state index in [1.165, 1.54) is 12.8 Å². The topological polar surface area (TPSA) is 51.4 Å². The van der Waals surface area contributed by atoms with E-state index in [1.807, 2.05) is 0 Å². The Balaban J connectivity index is 1.88. The summed E-state index contributed by atoms with van der Waals surface area (Å²) in [5.74, 6) is 0.605. The summed E-state index contributed by atoms with van der Waals surface area (Å²) >= 11 is 11.8. The zero-order valence-corrected chi connectivity index (χ0v) is 11.8. The van der Waals surface area contributed by atoms with Gasteiger partial charge in [0.15, 0.2) is 0 Å². The van der Waals surface area contributed by atoms with Crippen molar-refractivity contribution in [1.29, 1.82) is 0 Å². The second-order valence-electron chi connectivity index (χ2n) is 4.56. The minimum Gasteiger partial charge on any atom is -0.476 e. The molecule has 0 bridgehead atoms. The fraction of sp³-hybridized carbons (Fsp3) is 0.583. The van der Waals surface area contributed by atoms with Crippen LogP contribution in [0.1, 0.15) is 19.3 Å². The third-order valence-corrected chi connectivity index (χ3v) is 3.86. The molecule has 6 heteroatoms. The molecular formula is C12H17Cl2N3O. The lowest BCUT2D eigenvalue weighted by Gasteiger charge is -2.19. The second kappa shape index (κ2) is 5.95. The molecule has 1 unspecified atom stereocenters. The fourth-order valence-corrected chi connectivity index (χ4v) is 2.61. The number of anilines is 1. The summed E-state index contributed by atoms with van der Waals surface area (Å²) < 4.78 is 5.57. The number of likely N-dealkylation sites (tertiary alicyclic amines) is 1. The number of rotatable bonds is 4. The van der Waals surface area contributed by atoms with Gasteiger partial charge >= 0.3 is 0 Å². The molecule has 18 heavy (non-hydrogen) atoms. The van der Waals surface area contributed by atoms with E-state index in [1.54, 1.807) is 6.07 Å². The monoisotopic (exact) mass is 289 g/mol. The van der Waals surface area contributed by atoms with Gasteiger partial charge in [0.1, 0.15) is 10.8 Å². The third-order valence-electron chi connectivity index (χ3n) is 3.29. The Morgan fingerprint density at radius 1 is 1.50 bits per heavy atom. The van der Waals surface area contributed by atoms with E-state index in [2.05, 4.69) is 16.9 Å². The van der Waals surface area contributed by atoms with Gasteiger partial charge in [0.2, 0.25) is 5.88 Å². The summed E-state index contributed by atoms with van der Waals surface area (Å²) in [6.07, 6.45) is 3.45. The molecular weight excluding hydrogens is 273 g/mol. The number of aromatic nitrogens is 1. The molecule has 1 aliphatic rings. The van der Waals surface area contributed by atoms with Gasteiger partial charge in [0.05, 0.1) is 11.6 Å². The van der Waals surface area contributed by atoms with E-state index < -0.39 is 0 Å². The van der Waals surface area contributed by atoms with Crippen LogP contribution in [0.3, 0.4) is 0 Å². The Hall–Kier alpha value is -0.710. The Bertz CT molecular complexity index is 428. The van der Waals surface area contributed by atoms with Gasteiger partial charge in [0.25, 0.3) is 0 Å². The average Bonchev–Trinajstić information content (AvgIpc) is 2.72. The Morgan fingerprint density at radius 3 is 2.94 bits per heavy atom. The highest BCUT2D eigenvalue weighted by Gasteiger charge is 2.20. The predicted molar refractivity (Wildman–Crippen MR) is 74.4 cm³/mol. The summed E-state index contributed by atoms with van der Waals surface area (Å²) in [6, 6.07) is 2.15. The highest BCUT2D eigenvalue weighted by atomic mass is 35.5. The van der Waals surface area contributed by atoms with E-state index in [0.717, 1.165) is 13.0 Å². The van der Waals surface area contributed by atoms with Crippen LogP contribution in [0.25, 0.3) is 0 Å². The third kappa shape index (κ3) is 3.19. The zero-order chi connectivity index (χ0) is 13.1. The molecule has 2 N–H and O–H groups in total. The normalized spacial score (nSPS) is 20.3. The highest BCUT2D eigenvalue weighted by molar-refractivity contribution is 6.36. The lowest BCUT2D eigenvalue weighted by atomic mass is 10.1. The van der Waals surface area contributed by atoms with Crippen LogP contribution in [0.5, 0.6) is 5.88 Å². The molecule has 2 rings (SSSR count). The van der Waals surface area contributed by atoms with Gasteiger partial charge in [-0.25, -0.2) is 0 Å². The number of ether oxygens (including phenoxy) is 1. The van der Waals surface area contributed by atoms with Crippen LogP contribution in [0.15, 0.2) is 6.07 Å². The van der Waals surface area contributed by atoms with Gasteiger partial charge < -0.3 is 15.4 Å². The average molecular weight is 290 g/mol. The van der Waals surface area contributed by atoms with Crippen molar-refractivity contribution >= 4 is 29.0 Å². The molecule has 1 aromatic heterocycles. The zero-order valence-electron chi connectivity index (χ0n) is 10.3. The maximum Gasteiger partial charge on any atom is 0.234 e. The van der Waals surface area contributed by atoms with Crippen molar-refractivity contribution in [2.75, 3.05) is 25.9 Å².